The molecule has 138 valence electrons. The number of carbonyl (C=O) groups excluding carboxylic acids is 1. The van der Waals surface area contributed by atoms with Crippen molar-refractivity contribution in [3.8, 4) is 0 Å². The van der Waals surface area contributed by atoms with Gasteiger partial charge in [0.25, 0.3) is 5.56 Å². The molecule has 0 spiro atoms. The summed E-state index contributed by atoms with van der Waals surface area (Å²) in [4.78, 5) is 33.3. The standard InChI is InChI=1S/C20H19ClN4O2/c1-14-4-3-7-25-18(14)22-19(17(13-26)20(25)27)24-10-8-23(9-11-24)16-6-2-5-15(21)12-16/h2-7,12-13H,8-11H2,1H3. The molecule has 0 N–H and O–H groups in total. The Balaban J connectivity index is 1.67. The number of halogens is 1. The fourth-order valence-electron chi connectivity index (χ4n) is 3.49. The Labute approximate surface area is 161 Å². The van der Waals surface area contributed by atoms with E-state index < -0.39 is 0 Å². The van der Waals surface area contributed by atoms with Gasteiger partial charge in [-0.1, -0.05) is 23.7 Å². The predicted molar refractivity (Wildman–Crippen MR) is 107 cm³/mol. The highest BCUT2D eigenvalue weighted by atomic mass is 35.5. The first-order chi connectivity index (χ1) is 13.1. The normalized spacial score (nSPS) is 14.6. The van der Waals surface area contributed by atoms with Gasteiger partial charge < -0.3 is 9.80 Å². The molecule has 2 aromatic heterocycles. The van der Waals surface area contributed by atoms with E-state index in [0.29, 0.717) is 35.9 Å². The van der Waals surface area contributed by atoms with Gasteiger partial charge in [-0.05, 0) is 36.8 Å². The van der Waals surface area contributed by atoms with Crippen LogP contribution in [0.5, 0.6) is 0 Å². The number of hydrogen-bond acceptors (Lipinski definition) is 5. The van der Waals surface area contributed by atoms with Crippen LogP contribution in [0.25, 0.3) is 5.65 Å². The number of aldehydes is 1. The minimum atomic E-state index is -0.328. The summed E-state index contributed by atoms with van der Waals surface area (Å²) < 4.78 is 1.44. The number of pyridine rings is 1. The number of hydrogen-bond donors (Lipinski definition) is 0. The number of aromatic nitrogens is 2. The van der Waals surface area contributed by atoms with Gasteiger partial charge in [0.05, 0.1) is 0 Å². The molecule has 0 unspecified atom stereocenters. The van der Waals surface area contributed by atoms with E-state index in [1.165, 1.54) is 4.40 Å². The fourth-order valence-corrected chi connectivity index (χ4v) is 3.68. The number of benzene rings is 1. The van der Waals surface area contributed by atoms with Gasteiger partial charge >= 0.3 is 0 Å². The number of piperazine rings is 1. The summed E-state index contributed by atoms with van der Waals surface area (Å²) in [5.41, 5.74) is 2.33. The summed E-state index contributed by atoms with van der Waals surface area (Å²) in [6, 6.07) is 11.4. The van der Waals surface area contributed by atoms with Crippen molar-refractivity contribution in [3.63, 3.8) is 0 Å². The van der Waals surface area contributed by atoms with Gasteiger partial charge in [-0.15, -0.1) is 0 Å². The van der Waals surface area contributed by atoms with Crippen LogP contribution in [0, 0.1) is 6.92 Å². The van der Waals surface area contributed by atoms with Crippen LogP contribution in [0.3, 0.4) is 0 Å². The van der Waals surface area contributed by atoms with Crippen molar-refractivity contribution in [2.24, 2.45) is 0 Å². The molecule has 0 saturated carbocycles. The van der Waals surface area contributed by atoms with E-state index in [2.05, 4.69) is 9.88 Å². The Morgan fingerprint density at radius 3 is 2.52 bits per heavy atom. The summed E-state index contributed by atoms with van der Waals surface area (Å²) in [7, 11) is 0. The average molecular weight is 383 g/mol. The van der Waals surface area contributed by atoms with Crippen molar-refractivity contribution in [2.45, 2.75) is 6.92 Å². The lowest BCUT2D eigenvalue weighted by Gasteiger charge is -2.37. The van der Waals surface area contributed by atoms with Crippen LogP contribution in [0.2, 0.25) is 5.02 Å². The molecule has 1 aliphatic rings. The second-order valence-corrected chi connectivity index (χ2v) is 7.05. The minimum absolute atomic E-state index is 0.106. The van der Waals surface area contributed by atoms with Gasteiger partial charge in [0.15, 0.2) is 6.29 Å². The van der Waals surface area contributed by atoms with Gasteiger partial charge in [0, 0.05) is 43.1 Å². The number of aryl methyl sites for hydroxylation is 1. The van der Waals surface area contributed by atoms with Crippen molar-refractivity contribution in [3.05, 3.63) is 69.1 Å². The van der Waals surface area contributed by atoms with Crippen LogP contribution in [0.15, 0.2) is 47.4 Å². The lowest BCUT2D eigenvalue weighted by Crippen LogP contribution is -2.47. The molecular weight excluding hydrogens is 364 g/mol. The second kappa shape index (κ2) is 7.04. The summed E-state index contributed by atoms with van der Waals surface area (Å²) >= 11 is 6.09. The summed E-state index contributed by atoms with van der Waals surface area (Å²) in [6.45, 7) is 4.76. The largest absolute Gasteiger partial charge is 0.368 e. The fraction of sp³-hybridized carbons (Fsp3) is 0.250. The van der Waals surface area contributed by atoms with E-state index >= 15 is 0 Å². The molecule has 1 aromatic carbocycles. The van der Waals surface area contributed by atoms with Crippen molar-refractivity contribution in [1.82, 2.24) is 9.38 Å². The predicted octanol–water partition coefficient (Wildman–Crippen LogP) is 2.80. The highest BCUT2D eigenvalue weighted by molar-refractivity contribution is 6.30. The maximum Gasteiger partial charge on any atom is 0.270 e. The molecule has 7 heteroatoms. The molecular formula is C20H19ClN4O2. The molecule has 1 aliphatic heterocycles. The zero-order valence-corrected chi connectivity index (χ0v) is 15.7. The smallest absolute Gasteiger partial charge is 0.270 e. The first kappa shape index (κ1) is 17.5. The Hall–Kier alpha value is -2.86. The van der Waals surface area contributed by atoms with E-state index in [0.717, 1.165) is 24.3 Å². The van der Waals surface area contributed by atoms with Crippen LogP contribution < -0.4 is 15.4 Å². The zero-order chi connectivity index (χ0) is 19.0. The molecule has 0 bridgehead atoms. The molecule has 1 fully saturated rings. The summed E-state index contributed by atoms with van der Waals surface area (Å²) in [5, 5.41) is 0.706. The lowest BCUT2D eigenvalue weighted by molar-refractivity contribution is 0.112. The van der Waals surface area contributed by atoms with E-state index in [1.54, 1.807) is 12.3 Å². The maximum absolute atomic E-state index is 12.7. The summed E-state index contributed by atoms with van der Waals surface area (Å²) in [6.07, 6.45) is 2.26. The third-order valence-corrected chi connectivity index (χ3v) is 5.17. The molecule has 0 amide bonds. The van der Waals surface area contributed by atoms with Gasteiger partial charge in [-0.2, -0.15) is 0 Å². The van der Waals surface area contributed by atoms with Gasteiger partial charge in [0.1, 0.15) is 17.0 Å². The Morgan fingerprint density at radius 1 is 1.07 bits per heavy atom. The number of anilines is 2. The van der Waals surface area contributed by atoms with Crippen molar-refractivity contribution < 1.29 is 4.79 Å². The van der Waals surface area contributed by atoms with Crippen LogP contribution in [-0.4, -0.2) is 41.8 Å². The van der Waals surface area contributed by atoms with Crippen LogP contribution in [0.4, 0.5) is 11.5 Å². The molecule has 0 aliphatic carbocycles. The second-order valence-electron chi connectivity index (χ2n) is 6.61. The molecule has 3 aromatic rings. The average Bonchev–Trinajstić information content (AvgIpc) is 2.69. The first-order valence-electron chi connectivity index (χ1n) is 8.81. The van der Waals surface area contributed by atoms with Crippen LogP contribution >= 0.6 is 11.6 Å². The highest BCUT2D eigenvalue weighted by Gasteiger charge is 2.23. The lowest BCUT2D eigenvalue weighted by atomic mass is 10.2. The van der Waals surface area contributed by atoms with Crippen molar-refractivity contribution >= 4 is 35.0 Å². The Bertz CT molecular complexity index is 1070. The Morgan fingerprint density at radius 2 is 1.81 bits per heavy atom. The molecule has 0 atom stereocenters. The molecule has 27 heavy (non-hydrogen) atoms. The Kier molecular flexibility index (Phi) is 4.58. The summed E-state index contributed by atoms with van der Waals surface area (Å²) in [5.74, 6) is 0.468. The van der Waals surface area contributed by atoms with Crippen molar-refractivity contribution in [1.29, 1.82) is 0 Å². The molecule has 4 rings (SSSR count). The molecule has 1 saturated heterocycles. The van der Waals surface area contributed by atoms with E-state index in [-0.39, 0.29) is 11.1 Å². The maximum atomic E-state index is 12.7. The quantitative estimate of drug-likeness (QED) is 0.652. The molecule has 3 heterocycles. The van der Waals surface area contributed by atoms with E-state index in [9.17, 15) is 9.59 Å². The topological polar surface area (TPSA) is 57.9 Å². The van der Waals surface area contributed by atoms with Crippen LogP contribution in [0.1, 0.15) is 15.9 Å². The number of nitrogens with zero attached hydrogens (tertiary/aromatic N) is 4. The minimum Gasteiger partial charge on any atom is -0.368 e. The number of carbonyl (C=O) groups is 1. The van der Waals surface area contributed by atoms with Crippen LogP contribution in [-0.2, 0) is 0 Å². The number of rotatable bonds is 3. The SMILES string of the molecule is Cc1cccn2c(=O)c(C=O)c(N3CCN(c4cccc(Cl)c4)CC3)nc12. The highest BCUT2D eigenvalue weighted by Crippen LogP contribution is 2.23. The third-order valence-electron chi connectivity index (χ3n) is 4.93. The van der Waals surface area contributed by atoms with Crippen molar-refractivity contribution in [2.75, 3.05) is 36.0 Å². The third kappa shape index (κ3) is 3.17. The molecule has 0 radical (unpaired) electrons. The van der Waals surface area contributed by atoms with E-state index in [1.807, 2.05) is 42.2 Å². The van der Waals surface area contributed by atoms with Gasteiger partial charge in [-0.25, -0.2) is 4.98 Å². The van der Waals surface area contributed by atoms with Gasteiger partial charge in [0.2, 0.25) is 0 Å². The monoisotopic (exact) mass is 382 g/mol. The van der Waals surface area contributed by atoms with E-state index in [4.69, 9.17) is 11.6 Å². The first-order valence-corrected chi connectivity index (χ1v) is 9.19. The number of fused-ring (bicyclic) bond motifs is 1. The van der Waals surface area contributed by atoms with Gasteiger partial charge in [-0.3, -0.25) is 14.0 Å². The zero-order valence-electron chi connectivity index (χ0n) is 14.9. The molecule has 6 nitrogen and oxygen atoms in total.